The summed E-state index contributed by atoms with van der Waals surface area (Å²) in [4.78, 5) is 0. The van der Waals surface area contributed by atoms with Crippen LogP contribution >= 0.6 is 0 Å². The molecule has 188 valence electrons. The lowest BCUT2D eigenvalue weighted by Crippen LogP contribution is -1.27. The van der Waals surface area contributed by atoms with E-state index < -0.39 is 0 Å². The van der Waals surface area contributed by atoms with Gasteiger partial charge >= 0.3 is 0 Å². The first-order valence-electron chi connectivity index (χ1n) is 13.4. The molecule has 0 aliphatic heterocycles. The molecule has 0 atom stereocenters. The summed E-state index contributed by atoms with van der Waals surface area (Å²) in [5.74, 6) is 0. The van der Waals surface area contributed by atoms with E-state index in [4.69, 9.17) is 0 Å². The van der Waals surface area contributed by atoms with Crippen molar-refractivity contribution in [3.05, 3.63) is 0 Å². The molecule has 0 rings (SSSR count). The van der Waals surface area contributed by atoms with E-state index in [1.807, 2.05) is 166 Å². The van der Waals surface area contributed by atoms with E-state index in [1.54, 1.807) is 0 Å². The highest BCUT2D eigenvalue weighted by Crippen LogP contribution is 1.56. The van der Waals surface area contributed by atoms with Gasteiger partial charge < -0.3 is 0 Å². The highest BCUT2D eigenvalue weighted by atomic mass is 13.4. The van der Waals surface area contributed by atoms with Gasteiger partial charge in [0.25, 0.3) is 0 Å². The van der Waals surface area contributed by atoms with Crippen molar-refractivity contribution >= 4 is 0 Å². The predicted molar refractivity (Wildman–Crippen MR) is 152 cm³/mol. The second-order valence-electron chi connectivity index (χ2n) is 0.707. The number of rotatable bonds is 0. The highest BCUT2D eigenvalue weighted by Gasteiger charge is 1.35. The molecule has 0 aliphatic rings. The molecule has 0 nitrogen and oxygen atoms in total. The summed E-state index contributed by atoms with van der Waals surface area (Å²) in [5, 5.41) is 0. The standard InChI is InChI=1S/C3H8.12C2H6/c1-3-2;12*1-2/h3H2,1-2H3;12*1-2H3. The van der Waals surface area contributed by atoms with Crippen LogP contribution in [-0.4, -0.2) is 0 Å². The van der Waals surface area contributed by atoms with Crippen LogP contribution in [0, 0.1) is 0 Å². The van der Waals surface area contributed by atoms with Crippen LogP contribution in [0.4, 0.5) is 0 Å². The minimum Gasteiger partial charge on any atom is -0.0683 e. The molecular formula is C27H80. The van der Waals surface area contributed by atoms with Gasteiger partial charge in [-0.3, -0.25) is 0 Å². The topological polar surface area (TPSA) is 0 Å². The van der Waals surface area contributed by atoms with Gasteiger partial charge in [-0.05, 0) is 0 Å². The van der Waals surface area contributed by atoms with Crippen LogP contribution in [0.3, 0.4) is 0 Å². The van der Waals surface area contributed by atoms with Crippen LogP contribution in [0.1, 0.15) is 186 Å². The van der Waals surface area contributed by atoms with E-state index >= 15 is 0 Å². The van der Waals surface area contributed by atoms with E-state index in [0.29, 0.717) is 0 Å². The lowest BCUT2D eigenvalue weighted by molar-refractivity contribution is 1.09. The minimum atomic E-state index is 1.25. The molecule has 0 aliphatic carbocycles. The zero-order chi connectivity index (χ0) is 26.7. The molecule has 0 fully saturated rings. The molecule has 0 aromatic rings. The smallest absolute Gasteiger partial charge is 0.0590 e. The summed E-state index contributed by atoms with van der Waals surface area (Å²) in [6, 6.07) is 0. The summed E-state index contributed by atoms with van der Waals surface area (Å²) in [6.07, 6.45) is 1.25. The first kappa shape index (κ1) is 93.1. The number of hydrogen-bond donors (Lipinski definition) is 0. The normalized spacial score (nSPS) is 3.33. The van der Waals surface area contributed by atoms with Crippen LogP contribution in [0.2, 0.25) is 0 Å². The van der Waals surface area contributed by atoms with Crippen molar-refractivity contribution < 1.29 is 0 Å². The Kier molecular flexibility index (Phi) is 56000. The van der Waals surface area contributed by atoms with Crippen molar-refractivity contribution in [1.29, 1.82) is 0 Å². The van der Waals surface area contributed by atoms with Crippen molar-refractivity contribution in [2.24, 2.45) is 0 Å². The van der Waals surface area contributed by atoms with E-state index in [-0.39, 0.29) is 0 Å². The monoisotopic (exact) mass is 405 g/mol. The van der Waals surface area contributed by atoms with Gasteiger partial charge in [-0.15, -0.1) is 0 Å². The van der Waals surface area contributed by atoms with Gasteiger partial charge in [0.05, 0.1) is 0 Å². The third kappa shape index (κ3) is 0. The van der Waals surface area contributed by atoms with Crippen molar-refractivity contribution in [1.82, 2.24) is 0 Å². The van der Waals surface area contributed by atoms with Crippen molar-refractivity contribution in [2.45, 2.75) is 186 Å². The fourth-order valence-electron chi connectivity index (χ4n) is 0. The van der Waals surface area contributed by atoms with Crippen LogP contribution in [-0.2, 0) is 0 Å². The summed E-state index contributed by atoms with van der Waals surface area (Å²) in [5.41, 5.74) is 0. The Labute approximate surface area is 186 Å². The largest absolute Gasteiger partial charge is 0.0683 e. The zero-order valence-electron chi connectivity index (χ0n) is 26.7. The molecule has 27 heavy (non-hydrogen) atoms. The van der Waals surface area contributed by atoms with Gasteiger partial charge in [-0.2, -0.15) is 0 Å². The SMILES string of the molecule is CC.CC.CC.CC.CC.CC.CC.CC.CC.CC.CC.CC.CCC. The molecule has 0 amide bonds. The van der Waals surface area contributed by atoms with Gasteiger partial charge in [-0.1, -0.05) is 186 Å². The zero-order valence-corrected chi connectivity index (χ0v) is 26.7. The summed E-state index contributed by atoms with van der Waals surface area (Å²) < 4.78 is 0. The minimum absolute atomic E-state index is 1.25. The maximum Gasteiger partial charge on any atom is -0.0590 e. The molecule has 0 N–H and O–H groups in total. The molecule has 0 saturated heterocycles. The Hall–Kier alpha value is 0. The van der Waals surface area contributed by atoms with Crippen molar-refractivity contribution in [2.75, 3.05) is 0 Å². The van der Waals surface area contributed by atoms with Gasteiger partial charge in [0, 0.05) is 0 Å². The Morgan fingerprint density at radius 1 is 0.185 bits per heavy atom. The summed E-state index contributed by atoms with van der Waals surface area (Å²) in [7, 11) is 0. The van der Waals surface area contributed by atoms with E-state index in [2.05, 4.69) is 13.8 Å². The number of hydrogen-bond acceptors (Lipinski definition) is 0. The summed E-state index contributed by atoms with van der Waals surface area (Å²) in [6.45, 7) is 52.2. The van der Waals surface area contributed by atoms with Crippen LogP contribution < -0.4 is 0 Å². The molecule has 0 saturated carbocycles. The molecule has 0 bridgehead atoms. The average Bonchev–Trinajstić information content (AvgIpc) is 2.89. The molecule has 0 aromatic carbocycles. The third-order valence-corrected chi connectivity index (χ3v) is 0. The molecule has 0 heterocycles. The van der Waals surface area contributed by atoms with Crippen molar-refractivity contribution in [3.63, 3.8) is 0 Å². The third-order valence-electron chi connectivity index (χ3n) is 0. The molecule has 0 unspecified atom stereocenters. The van der Waals surface area contributed by atoms with Crippen LogP contribution in [0.25, 0.3) is 0 Å². The van der Waals surface area contributed by atoms with Crippen LogP contribution in [0.15, 0.2) is 0 Å². The summed E-state index contributed by atoms with van der Waals surface area (Å²) >= 11 is 0. The lowest BCUT2D eigenvalue weighted by Gasteiger charge is -1.48. The predicted octanol–water partition coefficient (Wildman–Crippen LogP) is 13.7. The van der Waals surface area contributed by atoms with Gasteiger partial charge in [0.2, 0.25) is 0 Å². The Bertz CT molecular complexity index is 0. The van der Waals surface area contributed by atoms with Gasteiger partial charge in [-0.25, -0.2) is 0 Å². The van der Waals surface area contributed by atoms with E-state index in [0.717, 1.165) is 0 Å². The first-order chi connectivity index (χ1) is 13.4. The fourth-order valence-corrected chi connectivity index (χ4v) is 0. The van der Waals surface area contributed by atoms with Crippen molar-refractivity contribution in [3.8, 4) is 0 Å². The Balaban J connectivity index is -0.00000000717. The average molecular weight is 405 g/mol. The quantitative estimate of drug-likeness (QED) is 0.376. The van der Waals surface area contributed by atoms with E-state index in [1.165, 1.54) is 6.42 Å². The van der Waals surface area contributed by atoms with Crippen LogP contribution in [0.5, 0.6) is 0 Å². The fraction of sp³-hybridized carbons (Fsp3) is 1.00. The molecule has 0 heteroatoms. The van der Waals surface area contributed by atoms with E-state index in [9.17, 15) is 0 Å². The Morgan fingerprint density at radius 2 is 0.185 bits per heavy atom. The maximum atomic E-state index is 2.12. The molecule has 0 radical (unpaired) electrons. The molecular weight excluding hydrogens is 324 g/mol. The second-order valence-corrected chi connectivity index (χ2v) is 0.707. The highest BCUT2D eigenvalue weighted by molar-refractivity contribution is 3.92. The lowest BCUT2D eigenvalue weighted by atomic mass is 10.6. The molecule has 0 aromatic heterocycles. The Morgan fingerprint density at radius 3 is 0.185 bits per heavy atom. The van der Waals surface area contributed by atoms with Gasteiger partial charge in [0.1, 0.15) is 0 Å². The molecule has 0 spiro atoms. The van der Waals surface area contributed by atoms with Gasteiger partial charge in [0.15, 0.2) is 0 Å². The maximum absolute atomic E-state index is 2.12. The second kappa shape index (κ2) is 16200. The first-order valence-corrected chi connectivity index (χ1v) is 13.4.